The molecule has 0 saturated carbocycles. The van der Waals surface area contributed by atoms with Crippen LogP contribution in [0.2, 0.25) is 0 Å². The first-order valence-corrected chi connectivity index (χ1v) is 7.27. The maximum atomic E-state index is 5.14. The van der Waals surface area contributed by atoms with E-state index < -0.39 is 0 Å². The van der Waals surface area contributed by atoms with Gasteiger partial charge in [-0.05, 0) is 23.6 Å². The Morgan fingerprint density at radius 1 is 1.05 bits per heavy atom. The van der Waals surface area contributed by atoms with Gasteiger partial charge in [-0.15, -0.1) is 0 Å². The normalized spacial score (nSPS) is 17.2. The van der Waals surface area contributed by atoms with Crippen molar-refractivity contribution < 1.29 is 4.74 Å². The molecule has 1 heterocycles. The van der Waals surface area contributed by atoms with E-state index in [2.05, 4.69) is 47.9 Å². The van der Waals surface area contributed by atoms with Gasteiger partial charge in [0.15, 0.2) is 0 Å². The Hall–Kier alpha value is -1.06. The van der Waals surface area contributed by atoms with Gasteiger partial charge in [0.1, 0.15) is 0 Å². The highest BCUT2D eigenvalue weighted by Crippen LogP contribution is 2.21. The first kappa shape index (κ1) is 14.4. The third-order valence-corrected chi connectivity index (χ3v) is 3.91. The molecular formula is C16H26N2O. The molecule has 2 rings (SSSR count). The van der Waals surface area contributed by atoms with E-state index in [-0.39, 0.29) is 0 Å². The fourth-order valence-corrected chi connectivity index (χ4v) is 2.52. The predicted molar refractivity (Wildman–Crippen MR) is 81.1 cm³/mol. The largest absolute Gasteiger partial charge is 0.383 e. The Kier molecular flexibility index (Phi) is 5.23. The van der Waals surface area contributed by atoms with Crippen molar-refractivity contribution in [3.05, 3.63) is 29.8 Å². The lowest BCUT2D eigenvalue weighted by molar-refractivity contribution is 0.144. The second kappa shape index (κ2) is 6.92. The van der Waals surface area contributed by atoms with Gasteiger partial charge < -0.3 is 9.64 Å². The lowest BCUT2D eigenvalue weighted by Gasteiger charge is -2.36. The molecule has 106 valence electrons. The van der Waals surface area contributed by atoms with E-state index in [0.717, 1.165) is 39.3 Å². The molecule has 0 aliphatic carbocycles. The van der Waals surface area contributed by atoms with Crippen molar-refractivity contribution in [2.45, 2.75) is 19.8 Å². The van der Waals surface area contributed by atoms with Crippen molar-refractivity contribution in [2.75, 3.05) is 51.3 Å². The molecule has 19 heavy (non-hydrogen) atoms. The van der Waals surface area contributed by atoms with Crippen LogP contribution in [0.1, 0.15) is 25.3 Å². The summed E-state index contributed by atoms with van der Waals surface area (Å²) in [4.78, 5) is 4.95. The van der Waals surface area contributed by atoms with Crippen molar-refractivity contribution in [3.63, 3.8) is 0 Å². The van der Waals surface area contributed by atoms with Gasteiger partial charge in [-0.25, -0.2) is 0 Å². The zero-order valence-electron chi connectivity index (χ0n) is 12.4. The molecule has 0 N–H and O–H groups in total. The topological polar surface area (TPSA) is 15.7 Å². The Bertz CT molecular complexity index is 367. The fraction of sp³-hybridized carbons (Fsp3) is 0.625. The van der Waals surface area contributed by atoms with Crippen LogP contribution in [-0.2, 0) is 4.74 Å². The molecule has 3 heteroatoms. The number of ether oxygens (including phenoxy) is 1. The number of methoxy groups -OCH3 is 1. The van der Waals surface area contributed by atoms with Crippen molar-refractivity contribution in [1.29, 1.82) is 0 Å². The van der Waals surface area contributed by atoms with Crippen molar-refractivity contribution >= 4 is 5.69 Å². The highest BCUT2D eigenvalue weighted by molar-refractivity contribution is 5.48. The van der Waals surface area contributed by atoms with Crippen LogP contribution in [0.3, 0.4) is 0 Å². The van der Waals surface area contributed by atoms with E-state index in [1.807, 2.05) is 0 Å². The summed E-state index contributed by atoms with van der Waals surface area (Å²) in [5, 5.41) is 0. The molecule has 0 radical (unpaired) electrons. The number of rotatable bonds is 5. The molecule has 1 aromatic rings. The van der Waals surface area contributed by atoms with E-state index >= 15 is 0 Å². The molecule has 1 saturated heterocycles. The van der Waals surface area contributed by atoms with Crippen LogP contribution in [0.5, 0.6) is 0 Å². The van der Waals surface area contributed by atoms with E-state index in [9.17, 15) is 0 Å². The Labute approximate surface area is 117 Å². The van der Waals surface area contributed by atoms with Gasteiger partial charge in [0.25, 0.3) is 0 Å². The number of piperazine rings is 1. The Morgan fingerprint density at radius 3 is 2.21 bits per heavy atom. The highest BCUT2D eigenvalue weighted by atomic mass is 16.5. The molecule has 0 aromatic heterocycles. The van der Waals surface area contributed by atoms with Crippen LogP contribution in [0, 0.1) is 0 Å². The monoisotopic (exact) mass is 262 g/mol. The minimum Gasteiger partial charge on any atom is -0.383 e. The maximum Gasteiger partial charge on any atom is 0.0589 e. The van der Waals surface area contributed by atoms with E-state index in [4.69, 9.17) is 4.74 Å². The minimum absolute atomic E-state index is 0.611. The molecule has 0 spiro atoms. The predicted octanol–water partition coefficient (Wildman–Crippen LogP) is 2.58. The quantitative estimate of drug-likeness (QED) is 0.811. The summed E-state index contributed by atoms with van der Waals surface area (Å²) in [5.74, 6) is 0.611. The average molecular weight is 262 g/mol. The van der Waals surface area contributed by atoms with Gasteiger partial charge in [-0.1, -0.05) is 26.0 Å². The van der Waals surface area contributed by atoms with Crippen LogP contribution in [0.15, 0.2) is 24.3 Å². The maximum absolute atomic E-state index is 5.14. The average Bonchev–Trinajstić information content (AvgIpc) is 2.46. The smallest absolute Gasteiger partial charge is 0.0589 e. The zero-order chi connectivity index (χ0) is 13.7. The Balaban J connectivity index is 1.87. The number of anilines is 1. The van der Waals surface area contributed by atoms with Crippen LogP contribution >= 0.6 is 0 Å². The molecule has 1 aliphatic rings. The van der Waals surface area contributed by atoms with E-state index in [0.29, 0.717) is 5.92 Å². The fourth-order valence-electron chi connectivity index (χ4n) is 2.52. The lowest BCUT2D eigenvalue weighted by atomic mass is 10.0. The lowest BCUT2D eigenvalue weighted by Crippen LogP contribution is -2.47. The molecule has 0 bridgehead atoms. The van der Waals surface area contributed by atoms with Crippen LogP contribution < -0.4 is 4.90 Å². The van der Waals surface area contributed by atoms with E-state index in [1.165, 1.54) is 11.3 Å². The molecular weight excluding hydrogens is 236 g/mol. The number of nitrogens with zero attached hydrogens (tertiary/aromatic N) is 2. The summed E-state index contributed by atoms with van der Waals surface area (Å²) in [6.07, 6.45) is 0. The first-order chi connectivity index (χ1) is 9.20. The van der Waals surface area contributed by atoms with Crippen LogP contribution in [0.25, 0.3) is 0 Å². The summed E-state index contributed by atoms with van der Waals surface area (Å²) in [7, 11) is 1.77. The summed E-state index contributed by atoms with van der Waals surface area (Å²) in [6.45, 7) is 10.9. The minimum atomic E-state index is 0.611. The van der Waals surface area contributed by atoms with Gasteiger partial charge in [0, 0.05) is 45.5 Å². The van der Waals surface area contributed by atoms with Gasteiger partial charge in [0.05, 0.1) is 6.61 Å². The van der Waals surface area contributed by atoms with Gasteiger partial charge in [-0.2, -0.15) is 0 Å². The van der Waals surface area contributed by atoms with Crippen molar-refractivity contribution in [1.82, 2.24) is 4.90 Å². The van der Waals surface area contributed by atoms with Crippen LogP contribution in [-0.4, -0.2) is 51.3 Å². The first-order valence-electron chi connectivity index (χ1n) is 7.27. The molecule has 0 unspecified atom stereocenters. The number of benzene rings is 1. The number of hydrogen-bond acceptors (Lipinski definition) is 3. The van der Waals surface area contributed by atoms with Gasteiger partial charge in [0.2, 0.25) is 0 Å². The van der Waals surface area contributed by atoms with Crippen molar-refractivity contribution in [3.8, 4) is 0 Å². The molecule has 1 fully saturated rings. The third kappa shape index (κ3) is 3.95. The summed E-state index contributed by atoms with van der Waals surface area (Å²) in [6, 6.07) is 9.05. The van der Waals surface area contributed by atoms with Crippen molar-refractivity contribution in [2.24, 2.45) is 0 Å². The second-order valence-electron chi connectivity index (χ2n) is 5.57. The highest BCUT2D eigenvalue weighted by Gasteiger charge is 2.16. The molecule has 0 atom stereocenters. The molecule has 1 aliphatic heterocycles. The van der Waals surface area contributed by atoms with Gasteiger partial charge >= 0.3 is 0 Å². The second-order valence-corrected chi connectivity index (χ2v) is 5.57. The third-order valence-electron chi connectivity index (χ3n) is 3.91. The molecule has 0 amide bonds. The summed E-state index contributed by atoms with van der Waals surface area (Å²) < 4.78 is 5.14. The molecule has 1 aromatic carbocycles. The van der Waals surface area contributed by atoms with Gasteiger partial charge in [-0.3, -0.25) is 4.90 Å². The SMILES string of the molecule is COCCN1CCN(c2ccc(C(C)C)cc2)CC1. The summed E-state index contributed by atoms with van der Waals surface area (Å²) >= 11 is 0. The standard InChI is InChI=1S/C16H26N2O/c1-14(2)15-4-6-16(7-5-15)18-10-8-17(9-11-18)12-13-19-3/h4-7,14H,8-13H2,1-3H3. The van der Waals surface area contributed by atoms with E-state index in [1.54, 1.807) is 7.11 Å². The number of hydrogen-bond donors (Lipinski definition) is 0. The summed E-state index contributed by atoms with van der Waals surface area (Å²) in [5.41, 5.74) is 2.78. The Morgan fingerprint density at radius 2 is 1.68 bits per heavy atom. The molecule has 3 nitrogen and oxygen atoms in total. The van der Waals surface area contributed by atoms with Crippen LogP contribution in [0.4, 0.5) is 5.69 Å². The zero-order valence-corrected chi connectivity index (χ0v) is 12.4.